The quantitative estimate of drug-likeness (QED) is 0.262. The number of hydrogen-bond acceptors (Lipinski definition) is 6. The van der Waals surface area contributed by atoms with E-state index in [4.69, 9.17) is 14.6 Å². The molecule has 0 aliphatic rings. The maximum Gasteiger partial charge on any atom is 0.508 e. The number of likely N-dealkylation sites (N-methyl/N-ethyl adjacent to an activating group) is 1. The summed E-state index contributed by atoms with van der Waals surface area (Å²) in [5.74, 6) is -0.874. The summed E-state index contributed by atoms with van der Waals surface area (Å²) < 4.78 is 10.7. The Morgan fingerprint density at radius 1 is 0.931 bits per heavy atom. The van der Waals surface area contributed by atoms with Crippen molar-refractivity contribution in [3.8, 4) is 0 Å². The van der Waals surface area contributed by atoms with E-state index in [2.05, 4.69) is 44.4 Å². The number of rotatable bonds is 18. The van der Waals surface area contributed by atoms with Crippen LogP contribution in [0.4, 0.5) is 4.79 Å². The van der Waals surface area contributed by atoms with Gasteiger partial charge in [0.1, 0.15) is 12.7 Å². The minimum absolute atomic E-state index is 0.00178. The van der Waals surface area contributed by atoms with Crippen LogP contribution in [0.2, 0.25) is 0 Å². The first-order valence-electron chi connectivity index (χ1n) is 11.3. The van der Waals surface area contributed by atoms with Crippen LogP contribution in [0.25, 0.3) is 0 Å². The van der Waals surface area contributed by atoms with Gasteiger partial charge in [-0.3, -0.25) is 9.69 Å². The van der Waals surface area contributed by atoms with Crippen molar-refractivity contribution in [1.29, 1.82) is 0 Å². The lowest BCUT2D eigenvalue weighted by molar-refractivity contribution is -0.137. The lowest BCUT2D eigenvalue weighted by Gasteiger charge is -2.29. The van der Waals surface area contributed by atoms with E-state index in [-0.39, 0.29) is 19.1 Å². The van der Waals surface area contributed by atoms with Crippen LogP contribution in [0.15, 0.2) is 0 Å². The fourth-order valence-electron chi connectivity index (χ4n) is 3.20. The molecule has 0 aliphatic carbocycles. The Kier molecular flexibility index (Phi) is 16.7. The normalized spacial score (nSPS) is 12.6. The third-order valence-corrected chi connectivity index (χ3v) is 5.25. The highest BCUT2D eigenvalue weighted by molar-refractivity contribution is 5.66. The molecule has 0 spiro atoms. The molecule has 1 atom stereocenters. The van der Waals surface area contributed by atoms with Crippen molar-refractivity contribution in [2.45, 2.75) is 91.7 Å². The topological polar surface area (TPSA) is 79.3 Å². The number of carbonyl (C=O) groups is 2. The Balaban J connectivity index is 4.36. The van der Waals surface area contributed by atoms with Gasteiger partial charge < -0.3 is 19.5 Å². The van der Waals surface area contributed by atoms with Gasteiger partial charge in [-0.25, -0.2) is 4.79 Å². The summed E-state index contributed by atoms with van der Waals surface area (Å²) in [6.45, 7) is 15.6. The predicted molar refractivity (Wildman–Crippen MR) is 116 cm³/mol. The predicted octanol–water partition coefficient (Wildman–Crippen LogP) is 4.40. The molecule has 7 heteroatoms. The molecular formula is C22H44N2O5. The third-order valence-electron chi connectivity index (χ3n) is 5.25. The van der Waals surface area contributed by atoms with Crippen molar-refractivity contribution in [2.24, 2.45) is 0 Å². The summed E-state index contributed by atoms with van der Waals surface area (Å²) >= 11 is 0. The van der Waals surface area contributed by atoms with Gasteiger partial charge in [-0.2, -0.15) is 0 Å². The van der Waals surface area contributed by atoms with Crippen molar-refractivity contribution in [3.63, 3.8) is 0 Å². The standard InChI is InChI=1S/C22H44N2O5/c1-6-9-10-11-12-20(13-14-21(25)26)29-22(27)28-18-17-24(19(4)5)16-15-23(7-2)8-3/h19-20H,6-18H2,1-5H3,(H,25,26). The van der Waals surface area contributed by atoms with Crippen LogP contribution in [0.1, 0.15) is 79.6 Å². The van der Waals surface area contributed by atoms with Crippen molar-refractivity contribution in [3.05, 3.63) is 0 Å². The largest absolute Gasteiger partial charge is 0.508 e. The van der Waals surface area contributed by atoms with Crippen molar-refractivity contribution >= 4 is 12.1 Å². The molecule has 172 valence electrons. The molecule has 0 amide bonds. The number of carboxylic acid groups (broad SMARTS) is 1. The maximum atomic E-state index is 12.1. The Bertz CT molecular complexity index is 427. The zero-order valence-electron chi connectivity index (χ0n) is 19.3. The highest BCUT2D eigenvalue weighted by Crippen LogP contribution is 2.14. The van der Waals surface area contributed by atoms with Gasteiger partial charge in [-0.15, -0.1) is 0 Å². The van der Waals surface area contributed by atoms with E-state index in [1.54, 1.807) is 0 Å². The van der Waals surface area contributed by atoms with Crippen molar-refractivity contribution in [2.75, 3.05) is 39.3 Å². The smallest absolute Gasteiger partial charge is 0.481 e. The van der Waals surface area contributed by atoms with Crippen LogP contribution in [-0.2, 0) is 14.3 Å². The molecule has 0 aromatic heterocycles. The zero-order valence-corrected chi connectivity index (χ0v) is 19.3. The van der Waals surface area contributed by atoms with Gasteiger partial charge in [0, 0.05) is 32.1 Å². The molecule has 0 saturated carbocycles. The molecule has 0 fully saturated rings. The SMILES string of the molecule is CCCCCCC(CCC(=O)O)OC(=O)OCCN(CCN(CC)CC)C(C)C. The summed E-state index contributed by atoms with van der Waals surface area (Å²) in [6, 6.07) is 0.368. The fraction of sp³-hybridized carbons (Fsp3) is 0.909. The summed E-state index contributed by atoms with van der Waals surface area (Å²) in [5.41, 5.74) is 0. The van der Waals surface area contributed by atoms with Crippen molar-refractivity contribution < 1.29 is 24.2 Å². The van der Waals surface area contributed by atoms with Crippen LogP contribution in [-0.4, -0.2) is 78.5 Å². The van der Waals surface area contributed by atoms with Crippen LogP contribution >= 0.6 is 0 Å². The average molecular weight is 417 g/mol. The van der Waals surface area contributed by atoms with Gasteiger partial charge in [-0.1, -0.05) is 40.0 Å². The Morgan fingerprint density at radius 3 is 2.17 bits per heavy atom. The van der Waals surface area contributed by atoms with Gasteiger partial charge >= 0.3 is 12.1 Å². The summed E-state index contributed by atoms with van der Waals surface area (Å²) in [7, 11) is 0. The molecule has 0 aromatic rings. The van der Waals surface area contributed by atoms with E-state index in [1.165, 1.54) is 0 Å². The number of carbonyl (C=O) groups excluding carboxylic acids is 1. The second-order valence-electron chi connectivity index (χ2n) is 7.78. The fourth-order valence-corrected chi connectivity index (χ4v) is 3.20. The number of aliphatic carboxylic acids is 1. The minimum atomic E-state index is -0.874. The van der Waals surface area contributed by atoms with Crippen LogP contribution < -0.4 is 0 Å². The van der Waals surface area contributed by atoms with Gasteiger partial charge in [0.15, 0.2) is 0 Å². The summed E-state index contributed by atoms with van der Waals surface area (Å²) in [5, 5.41) is 8.91. The molecule has 0 saturated heterocycles. The first-order chi connectivity index (χ1) is 13.8. The molecule has 0 aromatic carbocycles. The lowest BCUT2D eigenvalue weighted by atomic mass is 10.1. The van der Waals surface area contributed by atoms with E-state index in [9.17, 15) is 9.59 Å². The van der Waals surface area contributed by atoms with Crippen LogP contribution in [0.5, 0.6) is 0 Å². The first-order valence-corrected chi connectivity index (χ1v) is 11.3. The molecule has 0 aliphatic heterocycles. The van der Waals surface area contributed by atoms with Crippen LogP contribution in [0.3, 0.4) is 0 Å². The lowest BCUT2D eigenvalue weighted by Crippen LogP contribution is -2.40. The molecule has 29 heavy (non-hydrogen) atoms. The van der Waals surface area contributed by atoms with E-state index in [1.807, 2.05) is 0 Å². The van der Waals surface area contributed by atoms with E-state index in [0.717, 1.165) is 51.9 Å². The zero-order chi connectivity index (χ0) is 22.1. The third kappa shape index (κ3) is 15.2. The van der Waals surface area contributed by atoms with E-state index in [0.29, 0.717) is 25.4 Å². The second kappa shape index (κ2) is 17.5. The molecule has 0 radical (unpaired) electrons. The Hall–Kier alpha value is -1.34. The number of unbranched alkanes of at least 4 members (excludes halogenated alkanes) is 3. The number of carboxylic acids is 1. The monoisotopic (exact) mass is 416 g/mol. The van der Waals surface area contributed by atoms with E-state index < -0.39 is 12.1 Å². The highest BCUT2D eigenvalue weighted by atomic mass is 16.7. The van der Waals surface area contributed by atoms with Gasteiger partial charge in [0.05, 0.1) is 0 Å². The maximum absolute atomic E-state index is 12.1. The molecular weight excluding hydrogens is 372 g/mol. The highest BCUT2D eigenvalue weighted by Gasteiger charge is 2.18. The number of ether oxygens (including phenoxy) is 2. The molecule has 7 nitrogen and oxygen atoms in total. The van der Waals surface area contributed by atoms with Crippen LogP contribution in [0, 0.1) is 0 Å². The molecule has 0 heterocycles. The molecule has 1 N–H and O–H groups in total. The Morgan fingerprint density at radius 2 is 1.62 bits per heavy atom. The van der Waals surface area contributed by atoms with Gasteiger partial charge in [0.2, 0.25) is 0 Å². The van der Waals surface area contributed by atoms with Gasteiger partial charge in [0.25, 0.3) is 0 Å². The number of hydrogen-bond donors (Lipinski definition) is 1. The molecule has 0 bridgehead atoms. The molecule has 1 unspecified atom stereocenters. The van der Waals surface area contributed by atoms with Gasteiger partial charge in [-0.05, 0) is 46.2 Å². The van der Waals surface area contributed by atoms with E-state index >= 15 is 0 Å². The first kappa shape index (κ1) is 27.7. The Labute approximate surface area is 177 Å². The second-order valence-corrected chi connectivity index (χ2v) is 7.78. The minimum Gasteiger partial charge on any atom is -0.481 e. The summed E-state index contributed by atoms with van der Waals surface area (Å²) in [4.78, 5) is 27.6. The summed E-state index contributed by atoms with van der Waals surface area (Å²) in [6.07, 6.45) is 4.19. The molecule has 0 rings (SSSR count). The average Bonchev–Trinajstić information content (AvgIpc) is 2.68. The van der Waals surface area contributed by atoms with Crippen molar-refractivity contribution in [1.82, 2.24) is 9.80 Å². The number of nitrogens with zero attached hydrogens (tertiary/aromatic N) is 2.